The normalized spacial score (nSPS) is 16.5. The van der Waals surface area contributed by atoms with E-state index in [9.17, 15) is 4.79 Å². The van der Waals surface area contributed by atoms with Crippen molar-refractivity contribution in [3.05, 3.63) is 33.2 Å². The highest BCUT2D eigenvalue weighted by molar-refractivity contribution is 5.26. The molecule has 106 valence electrons. The SMILES string of the molecule is Cc1cc(C)n(C(C)C)c(=O)c1CNC1CCCC1. The van der Waals surface area contributed by atoms with Crippen molar-refractivity contribution in [1.29, 1.82) is 0 Å². The van der Waals surface area contributed by atoms with Gasteiger partial charge in [-0.05, 0) is 52.2 Å². The van der Waals surface area contributed by atoms with E-state index in [1.165, 1.54) is 25.7 Å². The van der Waals surface area contributed by atoms with Gasteiger partial charge in [0, 0.05) is 29.9 Å². The van der Waals surface area contributed by atoms with Crippen LogP contribution < -0.4 is 10.9 Å². The Morgan fingerprint density at radius 2 is 1.95 bits per heavy atom. The van der Waals surface area contributed by atoms with Crippen molar-refractivity contribution in [3.8, 4) is 0 Å². The molecule has 1 fully saturated rings. The van der Waals surface area contributed by atoms with Crippen LogP contribution in [0.5, 0.6) is 0 Å². The predicted octanol–water partition coefficient (Wildman–Crippen LogP) is 3.08. The van der Waals surface area contributed by atoms with Crippen LogP contribution in [0.2, 0.25) is 0 Å². The highest BCUT2D eigenvalue weighted by Crippen LogP contribution is 2.18. The van der Waals surface area contributed by atoms with Gasteiger partial charge in [-0.2, -0.15) is 0 Å². The minimum absolute atomic E-state index is 0.179. The van der Waals surface area contributed by atoms with E-state index in [-0.39, 0.29) is 11.6 Å². The third-order valence-corrected chi connectivity index (χ3v) is 4.20. The first-order valence-electron chi connectivity index (χ1n) is 7.45. The van der Waals surface area contributed by atoms with Crippen molar-refractivity contribution >= 4 is 0 Å². The third kappa shape index (κ3) is 3.08. The lowest BCUT2D eigenvalue weighted by Gasteiger charge is -2.19. The monoisotopic (exact) mass is 262 g/mol. The van der Waals surface area contributed by atoms with E-state index in [4.69, 9.17) is 0 Å². The molecule has 3 nitrogen and oxygen atoms in total. The number of hydrogen-bond acceptors (Lipinski definition) is 2. The van der Waals surface area contributed by atoms with E-state index >= 15 is 0 Å². The summed E-state index contributed by atoms with van der Waals surface area (Å²) in [4.78, 5) is 12.6. The second-order valence-corrected chi connectivity index (χ2v) is 6.08. The van der Waals surface area contributed by atoms with Gasteiger partial charge in [-0.3, -0.25) is 4.79 Å². The van der Waals surface area contributed by atoms with Gasteiger partial charge in [-0.15, -0.1) is 0 Å². The van der Waals surface area contributed by atoms with Gasteiger partial charge in [0.2, 0.25) is 0 Å². The molecule has 1 aliphatic rings. The van der Waals surface area contributed by atoms with Crippen LogP contribution in [-0.2, 0) is 6.54 Å². The first-order chi connectivity index (χ1) is 9.00. The molecule has 3 heteroatoms. The van der Waals surface area contributed by atoms with Gasteiger partial charge < -0.3 is 9.88 Å². The topological polar surface area (TPSA) is 34.0 Å². The second-order valence-electron chi connectivity index (χ2n) is 6.08. The van der Waals surface area contributed by atoms with Crippen molar-refractivity contribution in [1.82, 2.24) is 9.88 Å². The Balaban J connectivity index is 2.23. The van der Waals surface area contributed by atoms with Gasteiger partial charge in [0.15, 0.2) is 0 Å². The smallest absolute Gasteiger partial charge is 0.255 e. The molecule has 1 aromatic rings. The Hall–Kier alpha value is -1.09. The Kier molecular flexibility index (Phi) is 4.46. The molecule has 0 radical (unpaired) electrons. The van der Waals surface area contributed by atoms with Crippen molar-refractivity contribution < 1.29 is 0 Å². The molecule has 1 saturated carbocycles. The van der Waals surface area contributed by atoms with Gasteiger partial charge >= 0.3 is 0 Å². The van der Waals surface area contributed by atoms with Gasteiger partial charge in [0.1, 0.15) is 0 Å². The quantitative estimate of drug-likeness (QED) is 0.905. The fourth-order valence-corrected chi connectivity index (χ4v) is 3.18. The molecule has 0 atom stereocenters. The maximum atomic E-state index is 12.6. The highest BCUT2D eigenvalue weighted by Gasteiger charge is 2.17. The van der Waals surface area contributed by atoms with Crippen molar-refractivity contribution in [2.24, 2.45) is 0 Å². The maximum Gasteiger partial charge on any atom is 0.255 e. The van der Waals surface area contributed by atoms with Gasteiger partial charge in [-0.25, -0.2) is 0 Å². The van der Waals surface area contributed by atoms with E-state index in [0.29, 0.717) is 12.6 Å². The van der Waals surface area contributed by atoms with Crippen molar-refractivity contribution in [3.63, 3.8) is 0 Å². The minimum atomic E-state index is 0.179. The number of nitrogens with one attached hydrogen (secondary N) is 1. The minimum Gasteiger partial charge on any atom is -0.310 e. The van der Waals surface area contributed by atoms with Crippen molar-refractivity contribution in [2.75, 3.05) is 0 Å². The molecule has 0 aliphatic heterocycles. The number of hydrogen-bond donors (Lipinski definition) is 1. The third-order valence-electron chi connectivity index (χ3n) is 4.20. The molecule has 1 N–H and O–H groups in total. The van der Waals surface area contributed by atoms with E-state index in [2.05, 4.69) is 25.2 Å². The largest absolute Gasteiger partial charge is 0.310 e. The summed E-state index contributed by atoms with van der Waals surface area (Å²) in [6, 6.07) is 2.96. The molecule has 0 aromatic carbocycles. The lowest BCUT2D eigenvalue weighted by Crippen LogP contribution is -2.33. The fraction of sp³-hybridized carbons (Fsp3) is 0.688. The molecule has 19 heavy (non-hydrogen) atoms. The van der Waals surface area contributed by atoms with Crippen LogP contribution in [0.25, 0.3) is 0 Å². The van der Waals surface area contributed by atoms with E-state index in [1.54, 1.807) is 0 Å². The highest BCUT2D eigenvalue weighted by atomic mass is 16.1. The average molecular weight is 262 g/mol. The second kappa shape index (κ2) is 5.91. The molecule has 0 amide bonds. The molecule has 1 aliphatic carbocycles. The van der Waals surface area contributed by atoms with Crippen LogP contribution in [0.1, 0.15) is 62.4 Å². The Morgan fingerprint density at radius 1 is 1.32 bits per heavy atom. The molecule has 2 rings (SSSR count). The molecule has 1 aromatic heterocycles. The maximum absolute atomic E-state index is 12.6. The summed E-state index contributed by atoms with van der Waals surface area (Å²) in [5.41, 5.74) is 3.29. The first kappa shape index (κ1) is 14.3. The summed E-state index contributed by atoms with van der Waals surface area (Å²) in [6.07, 6.45) is 5.15. The fourth-order valence-electron chi connectivity index (χ4n) is 3.18. The van der Waals surface area contributed by atoms with Crippen LogP contribution in [0.15, 0.2) is 10.9 Å². The summed E-state index contributed by atoms with van der Waals surface area (Å²) in [7, 11) is 0. The number of nitrogens with zero attached hydrogens (tertiary/aromatic N) is 1. The molecule has 0 unspecified atom stereocenters. The van der Waals surface area contributed by atoms with Gasteiger partial charge in [0.05, 0.1) is 0 Å². The number of aryl methyl sites for hydroxylation is 2. The van der Waals surface area contributed by atoms with Crippen LogP contribution in [0.3, 0.4) is 0 Å². The van der Waals surface area contributed by atoms with Gasteiger partial charge in [0.25, 0.3) is 5.56 Å². The van der Waals surface area contributed by atoms with Crippen LogP contribution in [0, 0.1) is 13.8 Å². The summed E-state index contributed by atoms with van der Waals surface area (Å²) >= 11 is 0. The van der Waals surface area contributed by atoms with Crippen LogP contribution >= 0.6 is 0 Å². The Bertz CT molecular complexity index is 496. The lowest BCUT2D eigenvalue weighted by molar-refractivity contribution is 0.509. The van der Waals surface area contributed by atoms with Crippen LogP contribution in [-0.4, -0.2) is 10.6 Å². The first-order valence-corrected chi connectivity index (χ1v) is 7.45. The molecule has 0 spiro atoms. The average Bonchev–Trinajstić information content (AvgIpc) is 2.80. The Labute approximate surface area is 116 Å². The molecular formula is C16H26N2O. The molecular weight excluding hydrogens is 236 g/mol. The zero-order chi connectivity index (χ0) is 14.0. The zero-order valence-corrected chi connectivity index (χ0v) is 12.6. The number of rotatable bonds is 4. The standard InChI is InChI=1S/C16H26N2O/c1-11(2)18-13(4)9-12(3)15(16(18)19)10-17-14-7-5-6-8-14/h9,11,14,17H,5-8,10H2,1-4H3. The molecule has 0 saturated heterocycles. The van der Waals surface area contributed by atoms with E-state index < -0.39 is 0 Å². The summed E-state index contributed by atoms with van der Waals surface area (Å²) in [5.74, 6) is 0. The van der Waals surface area contributed by atoms with Crippen molar-refractivity contribution in [2.45, 2.75) is 72.0 Å². The number of pyridine rings is 1. The summed E-state index contributed by atoms with van der Waals surface area (Å²) < 4.78 is 1.90. The predicted molar refractivity (Wildman–Crippen MR) is 79.7 cm³/mol. The molecule has 0 bridgehead atoms. The van der Waals surface area contributed by atoms with Crippen LogP contribution in [0.4, 0.5) is 0 Å². The number of aromatic nitrogens is 1. The zero-order valence-electron chi connectivity index (χ0n) is 12.6. The lowest BCUT2D eigenvalue weighted by atomic mass is 10.1. The van der Waals surface area contributed by atoms with E-state index in [0.717, 1.165) is 16.8 Å². The Morgan fingerprint density at radius 3 is 2.53 bits per heavy atom. The summed E-state index contributed by atoms with van der Waals surface area (Å²) in [6.45, 7) is 8.91. The van der Waals surface area contributed by atoms with Gasteiger partial charge in [-0.1, -0.05) is 12.8 Å². The summed E-state index contributed by atoms with van der Waals surface area (Å²) in [5, 5.41) is 3.55. The van der Waals surface area contributed by atoms with E-state index in [1.807, 2.05) is 18.4 Å². The molecule has 1 heterocycles.